The van der Waals surface area contributed by atoms with Gasteiger partial charge in [-0.1, -0.05) is 11.6 Å². The predicted octanol–water partition coefficient (Wildman–Crippen LogP) is 2.02. The summed E-state index contributed by atoms with van der Waals surface area (Å²) in [5, 5.41) is 3.16. The number of aromatic amines is 1. The summed E-state index contributed by atoms with van der Waals surface area (Å²) in [5.41, 5.74) is 8.26. The van der Waals surface area contributed by atoms with Gasteiger partial charge in [0.05, 0.1) is 29.8 Å². The van der Waals surface area contributed by atoms with Gasteiger partial charge >= 0.3 is 0 Å². The highest BCUT2D eigenvalue weighted by Gasteiger charge is 2.16. The van der Waals surface area contributed by atoms with Crippen LogP contribution in [0.1, 0.15) is 21.7 Å². The van der Waals surface area contributed by atoms with Gasteiger partial charge in [0.25, 0.3) is 11.9 Å². The average molecular weight is 306 g/mol. The van der Waals surface area contributed by atoms with E-state index in [1.807, 2.05) is 6.92 Å². The fraction of sp³-hybridized carbons (Fsp3) is 0.154. The number of carbonyl (C=O) groups excluding carboxylic acids is 1. The number of hydrogen-bond donors (Lipinski definition) is 3. The minimum atomic E-state index is -0.315. The molecule has 21 heavy (non-hydrogen) atoms. The molecule has 1 aromatic carbocycles. The van der Waals surface area contributed by atoms with E-state index in [-0.39, 0.29) is 11.9 Å². The molecule has 4 N–H and O–H groups in total. The lowest BCUT2D eigenvalue weighted by Crippen LogP contribution is -2.23. The number of anilines is 1. The Labute approximate surface area is 124 Å². The summed E-state index contributed by atoms with van der Waals surface area (Å²) in [6.07, 6.45) is 1.58. The molecule has 3 rings (SSSR count). The number of hydrogen-bond acceptors (Lipinski definition) is 5. The first-order valence-corrected chi connectivity index (χ1v) is 6.55. The summed E-state index contributed by atoms with van der Waals surface area (Å²) in [6, 6.07) is 3.09. The second-order valence-corrected chi connectivity index (χ2v) is 4.94. The van der Waals surface area contributed by atoms with Gasteiger partial charge in [-0.2, -0.15) is 4.98 Å². The normalized spacial score (nSPS) is 11.0. The Morgan fingerprint density at radius 1 is 1.52 bits per heavy atom. The maximum atomic E-state index is 12.3. The van der Waals surface area contributed by atoms with Crippen LogP contribution in [-0.2, 0) is 6.54 Å². The van der Waals surface area contributed by atoms with Crippen molar-refractivity contribution in [2.45, 2.75) is 13.5 Å². The third kappa shape index (κ3) is 2.55. The summed E-state index contributed by atoms with van der Waals surface area (Å²) in [4.78, 5) is 23.3. The number of H-pyrrole nitrogens is 1. The minimum absolute atomic E-state index is 0.00858. The Bertz CT molecular complexity index is 823. The standard InChI is InChI=1S/C13H12ClN5O2/c1-6-9(18-5-17-6)4-16-12(20)8-2-7(14)3-10-11(8)19-13(15)21-10/h2-3,5H,4H2,1H3,(H2,15,19)(H,16,20)(H,17,18). The van der Waals surface area contributed by atoms with Crippen LogP contribution in [0, 0.1) is 6.92 Å². The monoisotopic (exact) mass is 305 g/mol. The number of fused-ring (bicyclic) bond motifs is 1. The predicted molar refractivity (Wildman–Crippen MR) is 77.9 cm³/mol. The van der Waals surface area contributed by atoms with Crippen LogP contribution in [0.25, 0.3) is 11.1 Å². The number of benzene rings is 1. The fourth-order valence-corrected chi connectivity index (χ4v) is 2.23. The van der Waals surface area contributed by atoms with Gasteiger partial charge < -0.3 is 20.5 Å². The van der Waals surface area contributed by atoms with Crippen molar-refractivity contribution in [1.82, 2.24) is 20.3 Å². The molecule has 1 amide bonds. The quantitative estimate of drug-likeness (QED) is 0.685. The molecule has 0 aliphatic heterocycles. The molecule has 0 atom stereocenters. The van der Waals surface area contributed by atoms with Gasteiger partial charge in [0.15, 0.2) is 5.58 Å². The van der Waals surface area contributed by atoms with Crippen molar-refractivity contribution in [2.75, 3.05) is 5.73 Å². The second kappa shape index (κ2) is 5.10. The van der Waals surface area contributed by atoms with Gasteiger partial charge in [0.2, 0.25) is 0 Å². The fourth-order valence-electron chi connectivity index (χ4n) is 2.02. The number of nitrogen functional groups attached to an aromatic ring is 1. The van der Waals surface area contributed by atoms with Crippen LogP contribution in [-0.4, -0.2) is 20.9 Å². The first kappa shape index (κ1) is 13.4. The molecule has 0 unspecified atom stereocenters. The van der Waals surface area contributed by atoms with E-state index < -0.39 is 0 Å². The SMILES string of the molecule is Cc1nc[nH]c1CNC(=O)c1cc(Cl)cc2oc(N)nc12. The number of carbonyl (C=O) groups is 1. The number of nitrogens with zero attached hydrogens (tertiary/aromatic N) is 2. The summed E-state index contributed by atoms with van der Waals surface area (Å²) >= 11 is 5.98. The maximum absolute atomic E-state index is 12.3. The van der Waals surface area contributed by atoms with E-state index >= 15 is 0 Å². The molecular weight excluding hydrogens is 294 g/mol. The van der Waals surface area contributed by atoms with E-state index in [4.69, 9.17) is 21.8 Å². The molecular formula is C13H12ClN5O2. The van der Waals surface area contributed by atoms with E-state index in [9.17, 15) is 4.79 Å². The maximum Gasteiger partial charge on any atom is 0.293 e. The van der Waals surface area contributed by atoms with Crippen LogP contribution in [0.15, 0.2) is 22.9 Å². The number of aromatic nitrogens is 3. The van der Waals surface area contributed by atoms with Crippen LogP contribution in [0.2, 0.25) is 5.02 Å². The number of rotatable bonds is 3. The molecule has 8 heteroatoms. The van der Waals surface area contributed by atoms with Gasteiger partial charge in [0.1, 0.15) is 5.52 Å². The van der Waals surface area contributed by atoms with Crippen molar-refractivity contribution in [3.8, 4) is 0 Å². The Morgan fingerprint density at radius 2 is 2.33 bits per heavy atom. The summed E-state index contributed by atoms with van der Waals surface area (Å²) in [5.74, 6) is -0.315. The molecule has 0 aliphatic rings. The summed E-state index contributed by atoms with van der Waals surface area (Å²) in [6.45, 7) is 2.18. The topological polar surface area (TPSA) is 110 Å². The molecule has 0 saturated heterocycles. The zero-order chi connectivity index (χ0) is 15.0. The second-order valence-electron chi connectivity index (χ2n) is 4.50. The van der Waals surface area contributed by atoms with Crippen molar-refractivity contribution in [1.29, 1.82) is 0 Å². The van der Waals surface area contributed by atoms with E-state index in [0.29, 0.717) is 28.2 Å². The largest absolute Gasteiger partial charge is 0.424 e. The molecule has 108 valence electrons. The Hall–Kier alpha value is -2.54. The third-order valence-corrected chi connectivity index (χ3v) is 3.30. The molecule has 0 bridgehead atoms. The van der Waals surface area contributed by atoms with E-state index in [0.717, 1.165) is 11.4 Å². The third-order valence-electron chi connectivity index (χ3n) is 3.08. The van der Waals surface area contributed by atoms with E-state index in [1.54, 1.807) is 12.4 Å². The number of nitrogens with two attached hydrogens (primary N) is 1. The summed E-state index contributed by atoms with van der Waals surface area (Å²) < 4.78 is 5.20. The lowest BCUT2D eigenvalue weighted by Gasteiger charge is -2.05. The van der Waals surface area contributed by atoms with Crippen LogP contribution < -0.4 is 11.1 Å². The van der Waals surface area contributed by atoms with Gasteiger partial charge in [-0.05, 0) is 13.0 Å². The average Bonchev–Trinajstić information content (AvgIpc) is 3.00. The van der Waals surface area contributed by atoms with Gasteiger partial charge in [0, 0.05) is 11.1 Å². The van der Waals surface area contributed by atoms with Gasteiger partial charge in [-0.15, -0.1) is 0 Å². The highest BCUT2D eigenvalue weighted by atomic mass is 35.5. The van der Waals surface area contributed by atoms with Gasteiger partial charge in [-0.3, -0.25) is 4.79 Å². The summed E-state index contributed by atoms with van der Waals surface area (Å²) in [7, 11) is 0. The number of imidazole rings is 1. The number of nitrogens with one attached hydrogen (secondary N) is 2. The Morgan fingerprint density at radius 3 is 3.05 bits per heavy atom. The highest BCUT2D eigenvalue weighted by Crippen LogP contribution is 2.25. The minimum Gasteiger partial charge on any atom is -0.424 e. The first-order chi connectivity index (χ1) is 10.0. The highest BCUT2D eigenvalue weighted by molar-refractivity contribution is 6.32. The molecule has 0 aliphatic carbocycles. The van der Waals surface area contributed by atoms with Crippen molar-refractivity contribution in [2.24, 2.45) is 0 Å². The molecule has 7 nitrogen and oxygen atoms in total. The van der Waals surface area contributed by atoms with E-state index in [2.05, 4.69) is 20.3 Å². The number of amides is 1. The molecule has 3 aromatic rings. The van der Waals surface area contributed by atoms with Gasteiger partial charge in [-0.25, -0.2) is 4.98 Å². The molecule has 0 fully saturated rings. The Balaban J connectivity index is 1.89. The van der Waals surface area contributed by atoms with Crippen molar-refractivity contribution in [3.05, 3.63) is 40.4 Å². The van der Waals surface area contributed by atoms with Crippen LogP contribution in [0.5, 0.6) is 0 Å². The molecule has 0 radical (unpaired) electrons. The smallest absolute Gasteiger partial charge is 0.293 e. The van der Waals surface area contributed by atoms with Crippen LogP contribution in [0.4, 0.5) is 6.01 Å². The lowest BCUT2D eigenvalue weighted by molar-refractivity contribution is 0.0952. The van der Waals surface area contributed by atoms with Crippen molar-refractivity contribution in [3.63, 3.8) is 0 Å². The molecule has 0 spiro atoms. The zero-order valence-electron chi connectivity index (χ0n) is 11.1. The molecule has 0 saturated carbocycles. The zero-order valence-corrected chi connectivity index (χ0v) is 11.9. The number of halogens is 1. The number of aryl methyl sites for hydroxylation is 1. The molecule has 2 aromatic heterocycles. The first-order valence-electron chi connectivity index (χ1n) is 6.17. The lowest BCUT2D eigenvalue weighted by atomic mass is 10.1. The van der Waals surface area contributed by atoms with Crippen LogP contribution in [0.3, 0.4) is 0 Å². The van der Waals surface area contributed by atoms with E-state index in [1.165, 1.54) is 6.07 Å². The van der Waals surface area contributed by atoms with Crippen molar-refractivity contribution < 1.29 is 9.21 Å². The number of oxazole rings is 1. The molecule has 2 heterocycles. The Kier molecular flexibility index (Phi) is 3.26. The van der Waals surface area contributed by atoms with Crippen LogP contribution >= 0.6 is 11.6 Å². The van der Waals surface area contributed by atoms with Crippen molar-refractivity contribution >= 4 is 34.6 Å².